The van der Waals surface area contributed by atoms with Crippen LogP contribution in [0.1, 0.15) is 18.4 Å². The summed E-state index contributed by atoms with van der Waals surface area (Å²) in [6.07, 6.45) is 1.32. The summed E-state index contributed by atoms with van der Waals surface area (Å²) in [5.74, 6) is -0.191. The third-order valence-electron chi connectivity index (χ3n) is 3.56. The molecule has 0 saturated carbocycles. The molecule has 1 aromatic rings. The van der Waals surface area contributed by atoms with Crippen molar-refractivity contribution in [3.8, 4) is 0 Å². The summed E-state index contributed by atoms with van der Waals surface area (Å²) < 4.78 is 16.0. The van der Waals surface area contributed by atoms with Crippen LogP contribution in [0, 0.1) is 5.41 Å². The molecule has 1 saturated heterocycles. The van der Waals surface area contributed by atoms with E-state index in [-0.39, 0.29) is 5.97 Å². The summed E-state index contributed by atoms with van der Waals surface area (Å²) in [6.45, 7) is 2.08. The van der Waals surface area contributed by atoms with Gasteiger partial charge in [-0.3, -0.25) is 4.79 Å². The average Bonchev–Trinajstić information content (AvgIpc) is 2.48. The van der Waals surface area contributed by atoms with Gasteiger partial charge in [0, 0.05) is 13.2 Å². The molecule has 0 spiro atoms. The third kappa shape index (κ3) is 3.55. The predicted octanol–water partition coefficient (Wildman–Crippen LogP) is 2.17. The molecule has 4 heteroatoms. The fraction of sp³-hybridized carbons (Fsp3) is 0.533. The fourth-order valence-electron chi connectivity index (χ4n) is 2.32. The molecule has 0 radical (unpaired) electrons. The molecule has 104 valence electrons. The van der Waals surface area contributed by atoms with Crippen molar-refractivity contribution in [3.05, 3.63) is 35.9 Å². The molecule has 19 heavy (non-hydrogen) atoms. The molecule has 1 fully saturated rings. The van der Waals surface area contributed by atoms with Gasteiger partial charge in [-0.05, 0) is 18.4 Å². The van der Waals surface area contributed by atoms with E-state index in [2.05, 4.69) is 0 Å². The standard InChI is InChI=1S/C15H20O4/c1-17-14(16)15(7-9-18-10-8-15)12-19-11-13-5-3-2-4-6-13/h2-6H,7-12H2,1H3. The summed E-state index contributed by atoms with van der Waals surface area (Å²) in [6, 6.07) is 9.94. The summed E-state index contributed by atoms with van der Waals surface area (Å²) in [5, 5.41) is 0. The number of hydrogen-bond donors (Lipinski definition) is 0. The minimum absolute atomic E-state index is 0.191. The van der Waals surface area contributed by atoms with Crippen LogP contribution in [-0.4, -0.2) is 32.9 Å². The Morgan fingerprint density at radius 2 is 1.95 bits per heavy atom. The van der Waals surface area contributed by atoms with Crippen LogP contribution in [0.3, 0.4) is 0 Å². The molecule has 1 aliphatic heterocycles. The Bertz CT molecular complexity index is 396. The van der Waals surface area contributed by atoms with E-state index in [1.165, 1.54) is 7.11 Å². The molecule has 0 amide bonds. The minimum atomic E-state index is -0.540. The summed E-state index contributed by atoms with van der Waals surface area (Å²) in [7, 11) is 1.43. The summed E-state index contributed by atoms with van der Waals surface area (Å²) >= 11 is 0. The van der Waals surface area contributed by atoms with E-state index in [9.17, 15) is 4.79 Å². The van der Waals surface area contributed by atoms with E-state index in [1.807, 2.05) is 30.3 Å². The number of benzene rings is 1. The van der Waals surface area contributed by atoms with Gasteiger partial charge in [0.05, 0.1) is 25.7 Å². The lowest BCUT2D eigenvalue weighted by Crippen LogP contribution is -2.42. The Balaban J connectivity index is 1.91. The molecule has 0 unspecified atom stereocenters. The summed E-state index contributed by atoms with van der Waals surface area (Å²) in [5.41, 5.74) is 0.566. The van der Waals surface area contributed by atoms with Crippen molar-refractivity contribution in [1.29, 1.82) is 0 Å². The molecule has 0 aliphatic carbocycles. The number of ether oxygens (including phenoxy) is 3. The Kier molecular flexibility index (Phi) is 4.93. The smallest absolute Gasteiger partial charge is 0.314 e. The van der Waals surface area contributed by atoms with Gasteiger partial charge in [-0.15, -0.1) is 0 Å². The molecule has 1 heterocycles. The van der Waals surface area contributed by atoms with Gasteiger partial charge in [-0.25, -0.2) is 0 Å². The zero-order chi connectivity index (χ0) is 13.6. The van der Waals surface area contributed by atoms with Gasteiger partial charge >= 0.3 is 5.97 Å². The van der Waals surface area contributed by atoms with E-state index < -0.39 is 5.41 Å². The SMILES string of the molecule is COC(=O)C1(COCc2ccccc2)CCOCC1. The molecule has 0 atom stereocenters. The van der Waals surface area contributed by atoms with E-state index in [0.29, 0.717) is 39.3 Å². The highest BCUT2D eigenvalue weighted by Crippen LogP contribution is 2.32. The molecule has 4 nitrogen and oxygen atoms in total. The van der Waals surface area contributed by atoms with Crippen molar-refractivity contribution >= 4 is 5.97 Å². The fourth-order valence-corrected chi connectivity index (χ4v) is 2.32. The molecule has 0 bridgehead atoms. The highest BCUT2D eigenvalue weighted by atomic mass is 16.5. The van der Waals surface area contributed by atoms with Crippen LogP contribution >= 0.6 is 0 Å². The number of carbonyl (C=O) groups is 1. The molecule has 1 aromatic carbocycles. The van der Waals surface area contributed by atoms with Crippen LogP contribution < -0.4 is 0 Å². The van der Waals surface area contributed by atoms with E-state index in [0.717, 1.165) is 5.56 Å². The predicted molar refractivity (Wildman–Crippen MR) is 70.6 cm³/mol. The van der Waals surface area contributed by atoms with Crippen molar-refractivity contribution in [1.82, 2.24) is 0 Å². The topological polar surface area (TPSA) is 44.8 Å². The number of esters is 1. The number of hydrogen-bond acceptors (Lipinski definition) is 4. The van der Waals surface area contributed by atoms with Crippen molar-refractivity contribution in [2.24, 2.45) is 5.41 Å². The number of methoxy groups -OCH3 is 1. The third-order valence-corrected chi connectivity index (χ3v) is 3.56. The molecule has 0 aromatic heterocycles. The zero-order valence-electron chi connectivity index (χ0n) is 11.3. The monoisotopic (exact) mass is 264 g/mol. The lowest BCUT2D eigenvalue weighted by Gasteiger charge is -2.33. The maximum absolute atomic E-state index is 12.0. The lowest BCUT2D eigenvalue weighted by molar-refractivity contribution is -0.164. The zero-order valence-corrected chi connectivity index (χ0v) is 11.3. The first kappa shape index (κ1) is 14.0. The van der Waals surface area contributed by atoms with E-state index in [4.69, 9.17) is 14.2 Å². The van der Waals surface area contributed by atoms with Gasteiger partial charge in [0.25, 0.3) is 0 Å². The molecule has 0 N–H and O–H groups in total. The molecule has 1 aliphatic rings. The van der Waals surface area contributed by atoms with Crippen molar-refractivity contribution in [2.75, 3.05) is 26.9 Å². The number of rotatable bonds is 5. The first-order valence-electron chi connectivity index (χ1n) is 6.55. The van der Waals surface area contributed by atoms with Gasteiger partial charge < -0.3 is 14.2 Å². The Morgan fingerprint density at radius 1 is 1.26 bits per heavy atom. The van der Waals surface area contributed by atoms with Crippen LogP contribution in [0.4, 0.5) is 0 Å². The molecule has 2 rings (SSSR count). The van der Waals surface area contributed by atoms with Crippen LogP contribution in [0.2, 0.25) is 0 Å². The lowest BCUT2D eigenvalue weighted by atomic mass is 9.81. The van der Waals surface area contributed by atoms with Crippen LogP contribution in [0.5, 0.6) is 0 Å². The largest absolute Gasteiger partial charge is 0.469 e. The Labute approximate surface area is 113 Å². The van der Waals surface area contributed by atoms with Crippen molar-refractivity contribution < 1.29 is 19.0 Å². The highest BCUT2D eigenvalue weighted by molar-refractivity contribution is 5.77. The number of carbonyl (C=O) groups excluding carboxylic acids is 1. The van der Waals surface area contributed by atoms with Crippen LogP contribution in [0.15, 0.2) is 30.3 Å². The van der Waals surface area contributed by atoms with Gasteiger partial charge in [-0.2, -0.15) is 0 Å². The normalized spacial score (nSPS) is 17.9. The van der Waals surface area contributed by atoms with E-state index >= 15 is 0 Å². The first-order chi connectivity index (χ1) is 9.27. The Morgan fingerprint density at radius 3 is 2.58 bits per heavy atom. The van der Waals surface area contributed by atoms with Crippen LogP contribution in [-0.2, 0) is 25.6 Å². The second-order valence-electron chi connectivity index (χ2n) is 4.86. The maximum Gasteiger partial charge on any atom is 0.314 e. The first-order valence-corrected chi connectivity index (χ1v) is 6.55. The minimum Gasteiger partial charge on any atom is -0.469 e. The molecular weight excluding hydrogens is 244 g/mol. The van der Waals surface area contributed by atoms with Crippen molar-refractivity contribution in [3.63, 3.8) is 0 Å². The summed E-state index contributed by atoms with van der Waals surface area (Å²) in [4.78, 5) is 12.0. The average molecular weight is 264 g/mol. The maximum atomic E-state index is 12.0. The quantitative estimate of drug-likeness (QED) is 0.765. The van der Waals surface area contributed by atoms with Gasteiger partial charge in [-0.1, -0.05) is 30.3 Å². The second-order valence-corrected chi connectivity index (χ2v) is 4.86. The van der Waals surface area contributed by atoms with E-state index in [1.54, 1.807) is 0 Å². The van der Waals surface area contributed by atoms with Crippen LogP contribution in [0.25, 0.3) is 0 Å². The Hall–Kier alpha value is -1.39. The van der Waals surface area contributed by atoms with Gasteiger partial charge in [0.1, 0.15) is 0 Å². The van der Waals surface area contributed by atoms with Crippen molar-refractivity contribution in [2.45, 2.75) is 19.4 Å². The molecular formula is C15H20O4. The highest BCUT2D eigenvalue weighted by Gasteiger charge is 2.41. The van der Waals surface area contributed by atoms with Gasteiger partial charge in [0.15, 0.2) is 0 Å². The second kappa shape index (κ2) is 6.68. The van der Waals surface area contributed by atoms with Gasteiger partial charge in [0.2, 0.25) is 0 Å².